The number of nitrogens with zero attached hydrogens (tertiary/aromatic N) is 3. The molecule has 0 aliphatic carbocycles. The molecule has 0 unspecified atom stereocenters. The van der Waals surface area contributed by atoms with E-state index in [0.29, 0.717) is 5.69 Å². The van der Waals surface area contributed by atoms with Crippen molar-refractivity contribution >= 4 is 28.7 Å². The number of ether oxygens (including phenoxy) is 2. The predicted octanol–water partition coefficient (Wildman–Crippen LogP) is 2.59. The van der Waals surface area contributed by atoms with Crippen LogP contribution in [0.3, 0.4) is 0 Å². The fourth-order valence-electron chi connectivity index (χ4n) is 2.98. The monoisotopic (exact) mass is 497 g/mol. The summed E-state index contributed by atoms with van der Waals surface area (Å²) < 4.78 is 47.8. The Morgan fingerprint density at radius 2 is 1.77 bits per heavy atom. The average Bonchev–Trinajstić information content (AvgIpc) is 3.10. The van der Waals surface area contributed by atoms with Crippen LogP contribution in [0, 0.1) is 0 Å². The van der Waals surface area contributed by atoms with Gasteiger partial charge in [0, 0.05) is 6.20 Å². The highest BCUT2D eigenvalue weighted by Crippen LogP contribution is 2.29. The minimum Gasteiger partial charge on any atom is -0.444 e. The fraction of sp³-hybridized carbons (Fsp3) is 0.333. The molecule has 35 heavy (non-hydrogen) atoms. The van der Waals surface area contributed by atoms with Gasteiger partial charge in [0.05, 0.1) is 29.0 Å². The molecule has 0 bridgehead atoms. The zero-order valence-electron chi connectivity index (χ0n) is 18.8. The van der Waals surface area contributed by atoms with Crippen LogP contribution < -0.4 is 15.4 Å². The molecule has 3 aromatic rings. The lowest BCUT2D eigenvalue weighted by molar-refractivity contribution is -0.274. The Hall–Kier alpha value is -3.91. The molecule has 188 valence electrons. The molecule has 2 amide bonds. The molecule has 4 N–H and O–H groups in total. The highest BCUT2D eigenvalue weighted by molar-refractivity contribution is 6.02. The van der Waals surface area contributed by atoms with Crippen molar-refractivity contribution in [2.24, 2.45) is 0 Å². The van der Waals surface area contributed by atoms with Gasteiger partial charge >= 0.3 is 12.5 Å². The maximum Gasteiger partial charge on any atom is 0.573 e. The number of carbonyl (C=O) groups is 2. The molecule has 1 aromatic carbocycles. The average molecular weight is 497 g/mol. The number of amides is 2. The van der Waals surface area contributed by atoms with Crippen molar-refractivity contribution in [3.05, 3.63) is 42.2 Å². The summed E-state index contributed by atoms with van der Waals surface area (Å²) in [5, 5.41) is 27.8. The van der Waals surface area contributed by atoms with E-state index in [2.05, 4.69) is 25.5 Å². The number of pyridine rings is 1. The first-order valence-electron chi connectivity index (χ1n) is 10.1. The Morgan fingerprint density at radius 3 is 2.34 bits per heavy atom. The lowest BCUT2D eigenvalue weighted by atomic mass is 10.2. The van der Waals surface area contributed by atoms with Crippen molar-refractivity contribution in [2.45, 2.75) is 45.6 Å². The number of alkyl carbamates (subject to hydrolysis) is 1. The number of alkyl halides is 3. The number of hydrogen-bond donors (Lipinski definition) is 4. The molecule has 0 spiro atoms. The highest BCUT2D eigenvalue weighted by atomic mass is 19.4. The highest BCUT2D eigenvalue weighted by Gasteiger charge is 2.31. The van der Waals surface area contributed by atoms with Crippen LogP contribution in [0.5, 0.6) is 5.75 Å². The Balaban J connectivity index is 2.02. The van der Waals surface area contributed by atoms with Crippen molar-refractivity contribution in [1.29, 1.82) is 0 Å². The number of halogens is 3. The van der Waals surface area contributed by atoms with Gasteiger partial charge < -0.3 is 30.3 Å². The van der Waals surface area contributed by atoms with Crippen LogP contribution in [0.4, 0.5) is 23.7 Å². The molecule has 0 fully saturated rings. The van der Waals surface area contributed by atoms with Crippen LogP contribution in [-0.4, -0.2) is 55.2 Å². The molecule has 0 saturated heterocycles. The molecule has 14 heteroatoms. The molecule has 0 radical (unpaired) electrons. The van der Waals surface area contributed by atoms with Gasteiger partial charge in [-0.3, -0.25) is 4.79 Å². The van der Waals surface area contributed by atoms with Gasteiger partial charge in [-0.25, -0.2) is 14.5 Å². The quantitative estimate of drug-likeness (QED) is 0.380. The molecule has 0 aliphatic heterocycles. The van der Waals surface area contributed by atoms with Crippen LogP contribution in [0.15, 0.2) is 36.5 Å². The lowest BCUT2D eigenvalue weighted by Crippen LogP contribution is -2.32. The Labute approximate surface area is 196 Å². The molecule has 2 aromatic heterocycles. The van der Waals surface area contributed by atoms with Crippen molar-refractivity contribution < 1.29 is 42.4 Å². The molecule has 3 rings (SSSR count). The number of aromatic nitrogens is 3. The second kappa shape index (κ2) is 9.76. The first-order chi connectivity index (χ1) is 16.2. The third-order valence-electron chi connectivity index (χ3n) is 4.25. The van der Waals surface area contributed by atoms with E-state index in [4.69, 9.17) is 14.9 Å². The van der Waals surface area contributed by atoms with Gasteiger partial charge in [0.25, 0.3) is 5.91 Å². The van der Waals surface area contributed by atoms with Crippen molar-refractivity contribution in [2.75, 3.05) is 5.32 Å². The summed E-state index contributed by atoms with van der Waals surface area (Å²) in [6.07, 6.45) is -6.58. The molecule has 0 aliphatic rings. The first kappa shape index (κ1) is 25.7. The Bertz CT molecular complexity index is 1220. The van der Waals surface area contributed by atoms with Gasteiger partial charge in [-0.15, -0.1) is 13.2 Å². The number of hydrogen-bond acceptors (Lipinski definition) is 8. The maximum absolute atomic E-state index is 12.5. The number of anilines is 1. The second-order valence-corrected chi connectivity index (χ2v) is 8.18. The van der Waals surface area contributed by atoms with Gasteiger partial charge in [-0.05, 0) is 51.1 Å². The number of rotatable bonds is 6. The van der Waals surface area contributed by atoms with E-state index in [1.54, 1.807) is 20.8 Å². The molecular formula is C21H22F3N5O6. The van der Waals surface area contributed by atoms with Crippen LogP contribution in [-0.2, 0) is 16.1 Å². The number of aliphatic hydroxyl groups is 2. The van der Waals surface area contributed by atoms with Gasteiger partial charge in [0.2, 0.25) is 6.29 Å². The van der Waals surface area contributed by atoms with Crippen LogP contribution in [0.1, 0.15) is 26.5 Å². The lowest BCUT2D eigenvalue weighted by Gasteiger charge is -2.19. The topological polar surface area (TPSA) is 148 Å². The van der Waals surface area contributed by atoms with Crippen LogP contribution >= 0.6 is 0 Å². The zero-order valence-corrected chi connectivity index (χ0v) is 18.8. The number of aliphatic hydroxyl groups excluding tert-OH is 1. The summed E-state index contributed by atoms with van der Waals surface area (Å²) in [6, 6.07) is 6.17. The molecule has 0 saturated carbocycles. The third-order valence-corrected chi connectivity index (χ3v) is 4.25. The largest absolute Gasteiger partial charge is 0.573 e. The third kappa shape index (κ3) is 6.80. The Morgan fingerprint density at radius 1 is 1.11 bits per heavy atom. The van der Waals surface area contributed by atoms with E-state index in [1.165, 1.54) is 29.1 Å². The second-order valence-electron chi connectivity index (χ2n) is 8.18. The van der Waals surface area contributed by atoms with Gasteiger partial charge in [-0.1, -0.05) is 0 Å². The molecule has 0 atom stereocenters. The number of fused-ring (bicyclic) bond motifs is 1. The van der Waals surface area contributed by atoms with Crippen LogP contribution in [0.2, 0.25) is 0 Å². The van der Waals surface area contributed by atoms with E-state index < -0.39 is 36.0 Å². The SMILES string of the molecule is CC(C)(C)OC(=O)NCc1nn(-c2ccc(OC(F)(F)F)cc2)c2nccc(NC(=O)C(O)O)c12. The van der Waals surface area contributed by atoms with E-state index in [9.17, 15) is 22.8 Å². The minimum absolute atomic E-state index is 0.109. The van der Waals surface area contributed by atoms with Crippen molar-refractivity contribution in [1.82, 2.24) is 20.1 Å². The number of benzene rings is 1. The number of nitrogens with one attached hydrogen (secondary N) is 2. The number of carbonyl (C=O) groups excluding carboxylic acids is 2. The van der Waals surface area contributed by atoms with Crippen molar-refractivity contribution in [3.8, 4) is 11.4 Å². The molecular weight excluding hydrogens is 475 g/mol. The smallest absolute Gasteiger partial charge is 0.444 e. The standard InChI is InChI=1S/C21H22F3N5O6/c1-20(2,3)35-19(33)26-10-14-15-13(27-17(30)18(31)32)8-9-25-16(15)29(28-14)11-4-6-12(7-5-11)34-21(22,23)24/h4-9,18,31-32H,10H2,1-3H3,(H,26,33)(H,25,27,30). The summed E-state index contributed by atoms with van der Waals surface area (Å²) in [4.78, 5) is 28.2. The fourth-order valence-corrected chi connectivity index (χ4v) is 2.98. The van der Waals surface area contributed by atoms with Gasteiger partial charge in [0.1, 0.15) is 11.4 Å². The van der Waals surface area contributed by atoms with E-state index in [0.717, 1.165) is 12.1 Å². The van der Waals surface area contributed by atoms with E-state index >= 15 is 0 Å². The normalized spacial score (nSPS) is 12.0. The zero-order chi connectivity index (χ0) is 26.0. The summed E-state index contributed by atoms with van der Waals surface area (Å²) >= 11 is 0. The van der Waals surface area contributed by atoms with Gasteiger partial charge in [0.15, 0.2) is 5.65 Å². The predicted molar refractivity (Wildman–Crippen MR) is 115 cm³/mol. The first-order valence-corrected chi connectivity index (χ1v) is 10.1. The minimum atomic E-state index is -4.85. The summed E-state index contributed by atoms with van der Waals surface area (Å²) in [7, 11) is 0. The molecule has 2 heterocycles. The molecule has 11 nitrogen and oxygen atoms in total. The van der Waals surface area contributed by atoms with Gasteiger partial charge in [-0.2, -0.15) is 5.10 Å². The van der Waals surface area contributed by atoms with Crippen molar-refractivity contribution in [3.63, 3.8) is 0 Å². The van der Waals surface area contributed by atoms with Crippen LogP contribution in [0.25, 0.3) is 16.7 Å². The summed E-state index contributed by atoms with van der Waals surface area (Å²) in [6.45, 7) is 4.87. The maximum atomic E-state index is 12.5. The summed E-state index contributed by atoms with van der Waals surface area (Å²) in [5.41, 5.74) is 0.0190. The van der Waals surface area contributed by atoms with E-state index in [1.807, 2.05) is 0 Å². The summed E-state index contributed by atoms with van der Waals surface area (Å²) in [5.74, 6) is -1.56. The van der Waals surface area contributed by atoms with E-state index in [-0.39, 0.29) is 29.0 Å². The Kier molecular flexibility index (Phi) is 7.17.